The smallest absolute Gasteiger partial charge is 0.0626 e. The van der Waals surface area contributed by atoms with E-state index in [2.05, 4.69) is 35.5 Å². The number of aliphatic hydroxyl groups excluding tert-OH is 1. The summed E-state index contributed by atoms with van der Waals surface area (Å²) in [6, 6.07) is 16.7. The summed E-state index contributed by atoms with van der Waals surface area (Å²) < 4.78 is 0. The molecule has 1 heterocycles. The Bertz CT molecular complexity index is 597. The van der Waals surface area contributed by atoms with Gasteiger partial charge in [-0.05, 0) is 29.2 Å². The molecule has 0 fully saturated rings. The van der Waals surface area contributed by atoms with Crippen molar-refractivity contribution in [2.24, 2.45) is 0 Å². The van der Waals surface area contributed by atoms with Gasteiger partial charge in [-0.3, -0.25) is 0 Å². The van der Waals surface area contributed by atoms with Gasteiger partial charge in [-0.25, -0.2) is 0 Å². The van der Waals surface area contributed by atoms with Crippen LogP contribution in [0.25, 0.3) is 0 Å². The van der Waals surface area contributed by atoms with Gasteiger partial charge in [0.15, 0.2) is 0 Å². The Balaban J connectivity index is 1.67. The number of benzene rings is 2. The van der Waals surface area contributed by atoms with Gasteiger partial charge in [0.2, 0.25) is 0 Å². The van der Waals surface area contributed by atoms with E-state index < -0.39 is 0 Å². The summed E-state index contributed by atoms with van der Waals surface area (Å²) in [6.45, 7) is 1.99. The third-order valence-corrected chi connectivity index (χ3v) is 4.21. The number of likely N-dealkylation sites (N-methyl/N-ethyl adjacent to an activating group) is 1. The average Bonchev–Trinajstić information content (AvgIpc) is 2.90. The SMILES string of the molecule is CN1CCc2cc(CN[C@@H](CO)c3ccccc3)ccc21. The van der Waals surface area contributed by atoms with E-state index in [1.54, 1.807) is 0 Å². The highest BCUT2D eigenvalue weighted by molar-refractivity contribution is 5.58. The fourth-order valence-corrected chi connectivity index (χ4v) is 2.94. The van der Waals surface area contributed by atoms with E-state index in [4.69, 9.17) is 0 Å². The molecule has 0 saturated heterocycles. The van der Waals surface area contributed by atoms with Gasteiger partial charge in [-0.2, -0.15) is 0 Å². The highest BCUT2D eigenvalue weighted by Crippen LogP contribution is 2.27. The zero-order valence-corrected chi connectivity index (χ0v) is 12.4. The second kappa shape index (κ2) is 6.29. The van der Waals surface area contributed by atoms with E-state index in [1.165, 1.54) is 16.8 Å². The molecule has 0 spiro atoms. The van der Waals surface area contributed by atoms with Crippen LogP contribution >= 0.6 is 0 Å². The number of hydrogen-bond acceptors (Lipinski definition) is 3. The Morgan fingerprint density at radius 1 is 1.19 bits per heavy atom. The lowest BCUT2D eigenvalue weighted by Gasteiger charge is -2.17. The van der Waals surface area contributed by atoms with Crippen molar-refractivity contribution in [2.75, 3.05) is 25.1 Å². The topological polar surface area (TPSA) is 35.5 Å². The first-order chi connectivity index (χ1) is 10.3. The normalized spacial score (nSPS) is 15.0. The maximum Gasteiger partial charge on any atom is 0.0626 e. The summed E-state index contributed by atoms with van der Waals surface area (Å²) in [7, 11) is 2.14. The minimum absolute atomic E-state index is 0.0119. The maximum atomic E-state index is 9.58. The molecule has 0 aliphatic carbocycles. The molecule has 1 aliphatic rings. The molecule has 0 saturated carbocycles. The fraction of sp³-hybridized carbons (Fsp3) is 0.333. The highest BCUT2D eigenvalue weighted by atomic mass is 16.3. The second-order valence-electron chi connectivity index (χ2n) is 5.66. The second-order valence-corrected chi connectivity index (χ2v) is 5.66. The van der Waals surface area contributed by atoms with E-state index in [9.17, 15) is 5.11 Å². The summed E-state index contributed by atoms with van der Waals surface area (Å²) in [5, 5.41) is 13.0. The number of anilines is 1. The van der Waals surface area contributed by atoms with Crippen LogP contribution in [0.4, 0.5) is 5.69 Å². The largest absolute Gasteiger partial charge is 0.394 e. The van der Waals surface area contributed by atoms with Crippen LogP contribution in [-0.2, 0) is 13.0 Å². The Morgan fingerprint density at radius 3 is 2.76 bits per heavy atom. The van der Waals surface area contributed by atoms with Crippen LogP contribution in [-0.4, -0.2) is 25.3 Å². The monoisotopic (exact) mass is 282 g/mol. The molecule has 21 heavy (non-hydrogen) atoms. The molecule has 3 nitrogen and oxygen atoms in total. The van der Waals surface area contributed by atoms with E-state index in [1.807, 2.05) is 30.3 Å². The summed E-state index contributed by atoms with van der Waals surface area (Å²) >= 11 is 0. The zero-order valence-electron chi connectivity index (χ0n) is 12.4. The van der Waals surface area contributed by atoms with Crippen molar-refractivity contribution in [3.8, 4) is 0 Å². The van der Waals surface area contributed by atoms with E-state index in [-0.39, 0.29) is 12.6 Å². The van der Waals surface area contributed by atoms with Crippen molar-refractivity contribution in [3.05, 3.63) is 65.2 Å². The molecule has 0 amide bonds. The van der Waals surface area contributed by atoms with Crippen LogP contribution in [0.15, 0.2) is 48.5 Å². The van der Waals surface area contributed by atoms with Gasteiger partial charge >= 0.3 is 0 Å². The first-order valence-electron chi connectivity index (χ1n) is 7.50. The Hall–Kier alpha value is -1.84. The number of hydrogen-bond donors (Lipinski definition) is 2. The molecule has 3 heteroatoms. The van der Waals surface area contributed by atoms with Gasteiger partial charge in [0.25, 0.3) is 0 Å². The molecule has 0 radical (unpaired) electrons. The minimum Gasteiger partial charge on any atom is -0.394 e. The van der Waals surface area contributed by atoms with Crippen molar-refractivity contribution in [3.63, 3.8) is 0 Å². The summed E-state index contributed by atoms with van der Waals surface area (Å²) in [4.78, 5) is 2.30. The van der Waals surface area contributed by atoms with Crippen molar-refractivity contribution >= 4 is 5.69 Å². The molecule has 3 rings (SSSR count). The lowest BCUT2D eigenvalue weighted by molar-refractivity contribution is 0.243. The van der Waals surface area contributed by atoms with Crippen LogP contribution in [0.5, 0.6) is 0 Å². The standard InChI is InChI=1S/C18H22N2O/c1-20-10-9-16-11-14(7-8-18(16)20)12-19-17(13-21)15-5-3-2-4-6-15/h2-8,11,17,19,21H,9-10,12-13H2,1H3/t17-/m0/s1. The van der Waals surface area contributed by atoms with Gasteiger partial charge in [0.1, 0.15) is 0 Å². The van der Waals surface area contributed by atoms with Gasteiger partial charge < -0.3 is 15.3 Å². The molecular weight excluding hydrogens is 260 g/mol. The first-order valence-corrected chi connectivity index (χ1v) is 7.50. The third kappa shape index (κ3) is 3.09. The summed E-state index contributed by atoms with van der Waals surface area (Å²) in [5.74, 6) is 0. The number of rotatable bonds is 5. The quantitative estimate of drug-likeness (QED) is 0.884. The van der Waals surface area contributed by atoms with Gasteiger partial charge in [-0.15, -0.1) is 0 Å². The van der Waals surface area contributed by atoms with E-state index in [0.29, 0.717) is 0 Å². The number of aliphatic hydroxyl groups is 1. The molecule has 2 aromatic rings. The number of nitrogens with zero attached hydrogens (tertiary/aromatic N) is 1. The average molecular weight is 282 g/mol. The van der Waals surface area contributed by atoms with Gasteiger partial charge in [-0.1, -0.05) is 42.5 Å². The predicted molar refractivity (Wildman–Crippen MR) is 86.5 cm³/mol. The molecular formula is C18H22N2O. The lowest BCUT2D eigenvalue weighted by Crippen LogP contribution is -2.24. The Kier molecular flexibility index (Phi) is 4.23. The van der Waals surface area contributed by atoms with Crippen LogP contribution < -0.4 is 10.2 Å². The molecule has 1 atom stereocenters. The molecule has 110 valence electrons. The van der Waals surface area contributed by atoms with Crippen molar-refractivity contribution in [1.29, 1.82) is 0 Å². The van der Waals surface area contributed by atoms with Crippen LogP contribution in [0.1, 0.15) is 22.7 Å². The molecule has 2 N–H and O–H groups in total. The first kappa shape index (κ1) is 14.1. The van der Waals surface area contributed by atoms with Crippen molar-refractivity contribution in [2.45, 2.75) is 19.0 Å². The fourth-order valence-electron chi connectivity index (χ4n) is 2.94. The summed E-state index contributed by atoms with van der Waals surface area (Å²) in [5.41, 5.74) is 5.18. The molecule has 0 aromatic heterocycles. The third-order valence-electron chi connectivity index (χ3n) is 4.21. The highest BCUT2D eigenvalue weighted by Gasteiger charge is 2.16. The molecule has 0 bridgehead atoms. The van der Waals surface area contributed by atoms with Crippen LogP contribution in [0.3, 0.4) is 0 Å². The van der Waals surface area contributed by atoms with Gasteiger partial charge in [0, 0.05) is 25.8 Å². The Morgan fingerprint density at radius 2 is 2.00 bits per heavy atom. The van der Waals surface area contributed by atoms with Crippen LogP contribution in [0.2, 0.25) is 0 Å². The molecule has 1 aliphatic heterocycles. The lowest BCUT2D eigenvalue weighted by atomic mass is 10.1. The Labute approximate surface area is 126 Å². The molecule has 2 aromatic carbocycles. The zero-order chi connectivity index (χ0) is 14.7. The molecule has 0 unspecified atom stereocenters. The number of nitrogens with one attached hydrogen (secondary N) is 1. The van der Waals surface area contributed by atoms with E-state index in [0.717, 1.165) is 25.1 Å². The van der Waals surface area contributed by atoms with Crippen molar-refractivity contribution in [1.82, 2.24) is 5.32 Å². The van der Waals surface area contributed by atoms with E-state index >= 15 is 0 Å². The maximum absolute atomic E-state index is 9.58. The number of fused-ring (bicyclic) bond motifs is 1. The summed E-state index contributed by atoms with van der Waals surface area (Å²) in [6.07, 6.45) is 1.13. The van der Waals surface area contributed by atoms with Gasteiger partial charge in [0.05, 0.1) is 12.6 Å². The minimum atomic E-state index is -0.0119. The van der Waals surface area contributed by atoms with Crippen molar-refractivity contribution < 1.29 is 5.11 Å². The predicted octanol–water partition coefficient (Wildman–Crippen LogP) is 2.50. The van der Waals surface area contributed by atoms with Crippen LogP contribution in [0, 0.1) is 0 Å².